The molecule has 6 heteroatoms. The van der Waals surface area contributed by atoms with Gasteiger partial charge in [0.05, 0.1) is 17.8 Å². The van der Waals surface area contributed by atoms with E-state index in [1.165, 1.54) is 41.6 Å². The Kier molecular flexibility index (Phi) is 5.26. The Bertz CT molecular complexity index is 939. The molecule has 3 rings (SSSR count). The van der Waals surface area contributed by atoms with E-state index < -0.39 is 17.6 Å². The van der Waals surface area contributed by atoms with Crippen molar-refractivity contribution in [2.24, 2.45) is 0 Å². The zero-order valence-corrected chi connectivity index (χ0v) is 14.6. The summed E-state index contributed by atoms with van der Waals surface area (Å²) < 4.78 is 40.6. The van der Waals surface area contributed by atoms with E-state index >= 15 is 0 Å². The van der Waals surface area contributed by atoms with Crippen LogP contribution in [0.4, 0.5) is 18.9 Å². The van der Waals surface area contributed by atoms with Crippen molar-refractivity contribution in [3.05, 3.63) is 95.3 Å². The summed E-state index contributed by atoms with van der Waals surface area (Å²) in [6, 6.07) is 15.6. The van der Waals surface area contributed by atoms with Crippen LogP contribution in [0.3, 0.4) is 0 Å². The van der Waals surface area contributed by atoms with E-state index in [0.717, 1.165) is 11.6 Å². The lowest BCUT2D eigenvalue weighted by Gasteiger charge is -2.26. The van der Waals surface area contributed by atoms with Crippen molar-refractivity contribution in [1.82, 2.24) is 4.98 Å². The summed E-state index contributed by atoms with van der Waals surface area (Å²) in [5.41, 5.74) is 0.633. The van der Waals surface area contributed by atoms with Crippen LogP contribution in [0.2, 0.25) is 0 Å². The van der Waals surface area contributed by atoms with Gasteiger partial charge in [0, 0.05) is 18.0 Å². The van der Waals surface area contributed by atoms with Crippen molar-refractivity contribution >= 4 is 11.6 Å². The van der Waals surface area contributed by atoms with Crippen LogP contribution in [-0.4, -0.2) is 10.9 Å². The Morgan fingerprint density at radius 1 is 1.00 bits per heavy atom. The summed E-state index contributed by atoms with van der Waals surface area (Å²) >= 11 is 0. The summed E-state index contributed by atoms with van der Waals surface area (Å²) in [5.74, 6) is -0.504. The minimum absolute atomic E-state index is 0.0224. The van der Waals surface area contributed by atoms with E-state index in [-0.39, 0.29) is 12.2 Å². The predicted octanol–water partition coefficient (Wildman–Crippen LogP) is 5.26. The van der Waals surface area contributed by atoms with Crippen LogP contribution in [0.15, 0.2) is 73.1 Å². The number of aryl methyl sites for hydroxylation is 1. The van der Waals surface area contributed by atoms with Crippen molar-refractivity contribution in [3.63, 3.8) is 0 Å². The van der Waals surface area contributed by atoms with Crippen molar-refractivity contribution in [1.29, 1.82) is 0 Å². The highest BCUT2D eigenvalue weighted by Crippen LogP contribution is 2.37. The molecule has 138 valence electrons. The van der Waals surface area contributed by atoms with E-state index in [0.29, 0.717) is 11.1 Å². The summed E-state index contributed by atoms with van der Waals surface area (Å²) in [6.07, 6.45) is -1.60. The molecule has 0 atom stereocenters. The largest absolute Gasteiger partial charge is 0.418 e. The number of hydrogen-bond acceptors (Lipinski definition) is 2. The number of pyridine rings is 1. The Morgan fingerprint density at radius 2 is 1.67 bits per heavy atom. The Labute approximate surface area is 155 Å². The third-order valence-corrected chi connectivity index (χ3v) is 4.18. The van der Waals surface area contributed by atoms with Gasteiger partial charge >= 0.3 is 6.18 Å². The Balaban J connectivity index is 2.12. The number of amides is 1. The second-order valence-corrected chi connectivity index (χ2v) is 6.08. The number of alkyl halides is 3. The first-order valence-corrected chi connectivity index (χ1v) is 8.30. The number of benzene rings is 2. The molecule has 3 nitrogen and oxygen atoms in total. The molecule has 0 radical (unpaired) electrons. The van der Waals surface area contributed by atoms with E-state index in [4.69, 9.17) is 0 Å². The van der Waals surface area contributed by atoms with E-state index in [1.807, 2.05) is 6.07 Å². The molecule has 0 N–H and O–H groups in total. The van der Waals surface area contributed by atoms with Gasteiger partial charge < -0.3 is 4.90 Å². The number of nitrogens with zero attached hydrogens (tertiary/aromatic N) is 2. The zero-order chi connectivity index (χ0) is 19.4. The minimum atomic E-state index is -4.57. The average molecular weight is 370 g/mol. The summed E-state index contributed by atoms with van der Waals surface area (Å²) in [4.78, 5) is 18.3. The fourth-order valence-corrected chi connectivity index (χ4v) is 2.84. The second-order valence-electron chi connectivity index (χ2n) is 6.08. The summed E-state index contributed by atoms with van der Waals surface area (Å²) in [5, 5.41) is 0. The van der Waals surface area contributed by atoms with E-state index in [9.17, 15) is 18.0 Å². The molecule has 0 unspecified atom stereocenters. The summed E-state index contributed by atoms with van der Waals surface area (Å²) in [6.45, 7) is 1.73. The normalized spacial score (nSPS) is 11.3. The third-order valence-electron chi connectivity index (χ3n) is 4.18. The molecular weight excluding hydrogens is 353 g/mol. The van der Waals surface area contributed by atoms with E-state index in [2.05, 4.69) is 4.98 Å². The maximum Gasteiger partial charge on any atom is 0.418 e. The van der Waals surface area contributed by atoms with Crippen LogP contribution in [0, 0.1) is 6.92 Å². The predicted molar refractivity (Wildman–Crippen MR) is 97.4 cm³/mol. The number of carbonyl (C=O) groups is 1. The fourth-order valence-electron chi connectivity index (χ4n) is 2.84. The minimum Gasteiger partial charge on any atom is -0.303 e. The number of carbonyl (C=O) groups excluding carboxylic acids is 1. The van der Waals surface area contributed by atoms with Crippen LogP contribution >= 0.6 is 0 Å². The first-order chi connectivity index (χ1) is 12.9. The second kappa shape index (κ2) is 7.61. The molecule has 0 bridgehead atoms. The average Bonchev–Trinajstić information content (AvgIpc) is 2.66. The standard InChI is InChI=1S/C21H17F3N2O/c1-15-13-25-12-11-17(15)20(27)26(14-16-7-3-2-4-8-16)19-10-6-5-9-18(19)21(22,23)24/h2-13H,14H2,1H3. The van der Waals surface area contributed by atoms with E-state index in [1.54, 1.807) is 31.2 Å². The van der Waals surface area contributed by atoms with Gasteiger partial charge in [-0.15, -0.1) is 0 Å². The number of rotatable bonds is 4. The molecule has 1 heterocycles. The number of anilines is 1. The lowest BCUT2D eigenvalue weighted by atomic mass is 10.1. The molecule has 1 amide bonds. The van der Waals surface area contributed by atoms with Gasteiger partial charge in [0.2, 0.25) is 0 Å². The highest BCUT2D eigenvalue weighted by atomic mass is 19.4. The maximum atomic E-state index is 13.5. The highest BCUT2D eigenvalue weighted by molar-refractivity contribution is 6.07. The lowest BCUT2D eigenvalue weighted by Crippen LogP contribution is -2.32. The molecular formula is C21H17F3N2O. The number of aromatic nitrogens is 1. The van der Waals surface area contributed by atoms with Gasteiger partial charge in [0.15, 0.2) is 0 Å². The van der Waals surface area contributed by atoms with Crippen LogP contribution in [0.5, 0.6) is 0 Å². The molecule has 0 aliphatic rings. The fraction of sp³-hybridized carbons (Fsp3) is 0.143. The SMILES string of the molecule is Cc1cnccc1C(=O)N(Cc1ccccc1)c1ccccc1C(F)(F)F. The molecule has 0 saturated heterocycles. The lowest BCUT2D eigenvalue weighted by molar-refractivity contribution is -0.137. The monoisotopic (exact) mass is 370 g/mol. The van der Waals surface area contributed by atoms with Gasteiger partial charge in [-0.3, -0.25) is 9.78 Å². The molecule has 2 aromatic carbocycles. The van der Waals surface area contributed by atoms with Crippen molar-refractivity contribution in [2.45, 2.75) is 19.6 Å². The molecule has 0 fully saturated rings. The van der Waals surface area contributed by atoms with Crippen LogP contribution in [-0.2, 0) is 12.7 Å². The van der Waals surface area contributed by atoms with Gasteiger partial charge in [0.25, 0.3) is 5.91 Å². The summed E-state index contributed by atoms with van der Waals surface area (Å²) in [7, 11) is 0. The van der Waals surface area contributed by atoms with Gasteiger partial charge in [-0.05, 0) is 36.2 Å². The first-order valence-electron chi connectivity index (χ1n) is 8.30. The van der Waals surface area contributed by atoms with Crippen LogP contribution in [0.1, 0.15) is 27.0 Å². The number of hydrogen-bond donors (Lipinski definition) is 0. The topological polar surface area (TPSA) is 33.2 Å². The molecule has 1 aromatic heterocycles. The van der Waals surface area contributed by atoms with Gasteiger partial charge in [-0.25, -0.2) is 0 Å². The molecule has 0 aliphatic carbocycles. The smallest absolute Gasteiger partial charge is 0.303 e. The molecule has 0 saturated carbocycles. The van der Waals surface area contributed by atoms with Crippen LogP contribution < -0.4 is 4.90 Å². The molecule has 0 aliphatic heterocycles. The zero-order valence-electron chi connectivity index (χ0n) is 14.6. The first kappa shape index (κ1) is 18.6. The van der Waals surface area contributed by atoms with Gasteiger partial charge in [-0.1, -0.05) is 42.5 Å². The van der Waals surface area contributed by atoms with Crippen molar-refractivity contribution in [2.75, 3.05) is 4.90 Å². The molecule has 3 aromatic rings. The number of halogens is 3. The number of para-hydroxylation sites is 1. The molecule has 0 spiro atoms. The molecule has 27 heavy (non-hydrogen) atoms. The van der Waals surface area contributed by atoms with Crippen molar-refractivity contribution < 1.29 is 18.0 Å². The van der Waals surface area contributed by atoms with Gasteiger partial charge in [0.1, 0.15) is 0 Å². The highest BCUT2D eigenvalue weighted by Gasteiger charge is 2.36. The Morgan fingerprint density at radius 3 is 2.33 bits per heavy atom. The maximum absolute atomic E-state index is 13.5. The van der Waals surface area contributed by atoms with Crippen molar-refractivity contribution in [3.8, 4) is 0 Å². The van der Waals surface area contributed by atoms with Gasteiger partial charge in [-0.2, -0.15) is 13.2 Å². The third kappa shape index (κ3) is 4.16. The van der Waals surface area contributed by atoms with Crippen LogP contribution in [0.25, 0.3) is 0 Å². The quantitative estimate of drug-likeness (QED) is 0.628. The Hall–Kier alpha value is -3.15.